The van der Waals surface area contributed by atoms with Gasteiger partial charge in [0.25, 0.3) is 0 Å². The van der Waals surface area contributed by atoms with Crippen LogP contribution in [0.3, 0.4) is 0 Å². The molecule has 1 aromatic rings. The first kappa shape index (κ1) is 12.9. The van der Waals surface area contributed by atoms with Crippen LogP contribution in [-0.4, -0.2) is 20.5 Å². The van der Waals surface area contributed by atoms with Crippen LogP contribution in [-0.2, 0) is 14.8 Å². The molecule has 0 aromatic carbocycles. The highest BCUT2D eigenvalue weighted by Gasteiger charge is 2.19. The van der Waals surface area contributed by atoms with E-state index < -0.39 is 10.0 Å². The van der Waals surface area contributed by atoms with E-state index in [-0.39, 0.29) is 24.0 Å². The molecular weight excluding hydrogens is 254 g/mol. The molecule has 0 saturated carbocycles. The minimum atomic E-state index is -3.40. The molecule has 0 amide bonds. The van der Waals surface area contributed by atoms with Crippen molar-refractivity contribution >= 4 is 33.8 Å². The highest BCUT2D eigenvalue weighted by Crippen LogP contribution is 2.21. The van der Waals surface area contributed by atoms with E-state index in [9.17, 15) is 13.2 Å². The van der Waals surface area contributed by atoms with Gasteiger partial charge < -0.3 is 4.42 Å². The Balaban J connectivity index is 2.71. The molecule has 2 rings (SSSR count). The second-order valence-corrected chi connectivity index (χ2v) is 6.42. The van der Waals surface area contributed by atoms with E-state index in [0.29, 0.717) is 10.6 Å². The number of ketones is 1. The van der Waals surface area contributed by atoms with Crippen LogP contribution in [0, 0.1) is 0 Å². The maximum Gasteiger partial charge on any atom is 0.232 e. The Labute approximate surface area is 105 Å². The van der Waals surface area contributed by atoms with Crippen LogP contribution in [0.1, 0.15) is 31.7 Å². The van der Waals surface area contributed by atoms with Gasteiger partial charge in [0.05, 0.1) is 6.26 Å². The zero-order valence-corrected chi connectivity index (χ0v) is 11.3. The molecule has 0 bridgehead atoms. The van der Waals surface area contributed by atoms with Crippen LogP contribution >= 0.6 is 0 Å². The maximum absolute atomic E-state index is 11.4. The summed E-state index contributed by atoms with van der Waals surface area (Å²) in [6.07, 6.45) is 4.55. The van der Waals surface area contributed by atoms with Gasteiger partial charge in [-0.05, 0) is 18.1 Å². The van der Waals surface area contributed by atoms with Crippen molar-refractivity contribution < 1.29 is 17.6 Å². The molecule has 0 spiro atoms. The number of fused-ring (bicyclic) bond motifs is 1. The monoisotopic (exact) mass is 269 g/mol. The zero-order valence-electron chi connectivity index (χ0n) is 10.5. The number of hydrogen-bond acceptors (Lipinski definition) is 4. The maximum atomic E-state index is 11.4. The van der Waals surface area contributed by atoms with Crippen LogP contribution in [0.2, 0.25) is 0 Å². The van der Waals surface area contributed by atoms with Crippen molar-refractivity contribution in [1.29, 1.82) is 0 Å². The van der Waals surface area contributed by atoms with Crippen molar-refractivity contribution in [2.75, 3.05) is 11.0 Å². The van der Waals surface area contributed by atoms with Crippen LogP contribution in [0.25, 0.3) is 12.2 Å². The van der Waals surface area contributed by atoms with Crippen LogP contribution in [0.5, 0.6) is 0 Å². The first-order valence-corrected chi connectivity index (χ1v) is 7.52. The molecule has 18 heavy (non-hydrogen) atoms. The number of nitrogens with one attached hydrogen (secondary N) is 1. The molecule has 0 atom stereocenters. The van der Waals surface area contributed by atoms with Gasteiger partial charge in [-0.25, -0.2) is 8.42 Å². The van der Waals surface area contributed by atoms with Crippen LogP contribution in [0.15, 0.2) is 4.42 Å². The van der Waals surface area contributed by atoms with E-state index in [2.05, 4.69) is 4.72 Å². The third-order valence-electron chi connectivity index (χ3n) is 2.66. The van der Waals surface area contributed by atoms with Gasteiger partial charge >= 0.3 is 0 Å². The van der Waals surface area contributed by atoms with Crippen molar-refractivity contribution in [3.8, 4) is 0 Å². The van der Waals surface area contributed by atoms with Gasteiger partial charge in [-0.1, -0.05) is 13.8 Å². The summed E-state index contributed by atoms with van der Waals surface area (Å²) in [7, 11) is -3.40. The van der Waals surface area contributed by atoms with Crippen LogP contribution in [0.4, 0.5) is 5.88 Å². The van der Waals surface area contributed by atoms with Gasteiger partial charge in [0.1, 0.15) is 5.42 Å². The number of anilines is 1. The second-order valence-electron chi connectivity index (χ2n) is 4.67. The molecule has 1 aromatic heterocycles. The lowest BCUT2D eigenvalue weighted by molar-refractivity contribution is -0.112. The number of hydrogen-bond donors (Lipinski definition) is 1. The van der Waals surface area contributed by atoms with E-state index in [4.69, 9.17) is 4.42 Å². The number of carbonyl (C=O) groups is 1. The summed E-state index contributed by atoms with van der Waals surface area (Å²) in [5.74, 6) is 0.258. The summed E-state index contributed by atoms with van der Waals surface area (Å²) in [5.41, 5.74) is 1.28. The first-order valence-electron chi connectivity index (χ1n) is 5.63. The van der Waals surface area contributed by atoms with Crippen molar-refractivity contribution in [2.45, 2.75) is 26.2 Å². The standard InChI is InChI=1S/C12H15NO4S/c1-7(2)11-9-6-8(14)4-5-10(9)17-12(11)13-18(3,15)16/h5-7,13H,4H2,1-3H3. The largest absolute Gasteiger partial charge is 0.440 e. The zero-order chi connectivity index (χ0) is 13.5. The summed E-state index contributed by atoms with van der Waals surface area (Å²) in [5, 5.41) is 0.687. The highest BCUT2D eigenvalue weighted by atomic mass is 32.2. The van der Waals surface area contributed by atoms with E-state index in [1.807, 2.05) is 13.8 Å². The summed E-state index contributed by atoms with van der Waals surface area (Å²) >= 11 is 0. The second kappa shape index (κ2) is 4.28. The minimum Gasteiger partial charge on any atom is -0.440 e. The molecule has 98 valence electrons. The van der Waals surface area contributed by atoms with Gasteiger partial charge in [0, 0.05) is 17.2 Å². The highest BCUT2D eigenvalue weighted by molar-refractivity contribution is 7.92. The quantitative estimate of drug-likeness (QED) is 0.856. The molecule has 1 heterocycles. The number of carbonyl (C=O) groups excluding carboxylic acids is 1. The van der Waals surface area contributed by atoms with Gasteiger partial charge in [-0.2, -0.15) is 0 Å². The molecule has 1 N–H and O–H groups in total. The van der Waals surface area contributed by atoms with E-state index in [1.165, 1.54) is 6.08 Å². The molecule has 1 aliphatic rings. The average Bonchev–Trinajstić information content (AvgIpc) is 2.51. The van der Waals surface area contributed by atoms with Crippen LogP contribution < -0.4 is 15.4 Å². The molecule has 1 aliphatic carbocycles. The Hall–Kier alpha value is -1.56. The molecule has 0 unspecified atom stereocenters. The van der Waals surface area contributed by atoms with E-state index in [0.717, 1.165) is 11.8 Å². The Morgan fingerprint density at radius 3 is 2.61 bits per heavy atom. The summed E-state index contributed by atoms with van der Waals surface area (Å²) in [6.45, 7) is 3.84. The average molecular weight is 269 g/mol. The molecule has 0 radical (unpaired) electrons. The van der Waals surface area contributed by atoms with Gasteiger partial charge in [-0.3, -0.25) is 9.52 Å². The number of Topliss-reactive ketones (excluding diaryl/α,β-unsaturated/α-hetero) is 1. The van der Waals surface area contributed by atoms with Crippen molar-refractivity contribution in [2.24, 2.45) is 0 Å². The summed E-state index contributed by atoms with van der Waals surface area (Å²) < 4.78 is 30.4. The number of rotatable bonds is 3. The normalized spacial score (nSPS) is 15.0. The topological polar surface area (TPSA) is 76.4 Å². The number of sulfonamides is 1. The predicted octanol–water partition coefficient (Wildman–Crippen LogP) is 0.308. The third-order valence-corrected chi connectivity index (χ3v) is 3.22. The van der Waals surface area contributed by atoms with E-state index >= 15 is 0 Å². The van der Waals surface area contributed by atoms with Gasteiger partial charge in [0.15, 0.2) is 5.78 Å². The van der Waals surface area contributed by atoms with Crippen molar-refractivity contribution in [3.63, 3.8) is 0 Å². The van der Waals surface area contributed by atoms with Gasteiger partial charge in [-0.15, -0.1) is 0 Å². The SMILES string of the molecule is CC(C)c1c(NS(C)(=O)=O)oc2c1=CC(=O)CC=2. The molecule has 5 nitrogen and oxygen atoms in total. The Kier molecular flexibility index (Phi) is 3.06. The summed E-state index contributed by atoms with van der Waals surface area (Å²) in [6, 6.07) is 0. The predicted molar refractivity (Wildman–Crippen MR) is 69.1 cm³/mol. The third kappa shape index (κ3) is 2.48. The molecule has 0 saturated heterocycles. The lowest BCUT2D eigenvalue weighted by Crippen LogP contribution is -2.28. The lowest BCUT2D eigenvalue weighted by atomic mass is 10.0. The number of furan rings is 1. The molecule has 6 heteroatoms. The van der Waals surface area contributed by atoms with E-state index in [1.54, 1.807) is 6.08 Å². The fraction of sp³-hybridized carbons (Fsp3) is 0.417. The Morgan fingerprint density at radius 2 is 2.06 bits per heavy atom. The molecule has 0 aliphatic heterocycles. The Bertz CT molecular complexity index is 710. The first-order chi connectivity index (χ1) is 8.28. The molecule has 0 fully saturated rings. The fourth-order valence-electron chi connectivity index (χ4n) is 2.01. The van der Waals surface area contributed by atoms with Crippen molar-refractivity contribution in [1.82, 2.24) is 0 Å². The smallest absolute Gasteiger partial charge is 0.232 e. The summed E-state index contributed by atoms with van der Waals surface area (Å²) in [4.78, 5) is 11.4. The molecular formula is C12H15NO4S. The fourth-order valence-corrected chi connectivity index (χ4v) is 2.49. The minimum absolute atomic E-state index is 0.00361. The lowest BCUT2D eigenvalue weighted by Gasteiger charge is -2.06. The van der Waals surface area contributed by atoms with Crippen molar-refractivity contribution in [3.05, 3.63) is 16.2 Å². The Morgan fingerprint density at radius 1 is 1.39 bits per heavy atom. The van der Waals surface area contributed by atoms with Gasteiger partial charge in [0.2, 0.25) is 15.9 Å².